The molecule has 1 aromatic carbocycles. The summed E-state index contributed by atoms with van der Waals surface area (Å²) in [4.78, 5) is 12.9. The lowest BCUT2D eigenvalue weighted by molar-refractivity contribution is -0.676. The summed E-state index contributed by atoms with van der Waals surface area (Å²) in [5.41, 5.74) is 1.19. The largest absolute Gasteiger partial charge is 0.340 e. The van der Waals surface area contributed by atoms with Gasteiger partial charge in [0.25, 0.3) is 5.91 Å². The molecule has 0 aliphatic carbocycles. The number of carbonyl (C=O) groups excluding carboxylic acids is 1. The average Bonchev–Trinajstić information content (AvgIpc) is 3.00. The van der Waals surface area contributed by atoms with Gasteiger partial charge in [0.1, 0.15) is 6.04 Å². The van der Waals surface area contributed by atoms with Gasteiger partial charge in [-0.2, -0.15) is 0 Å². The molecule has 4 heteroatoms. The Kier molecular flexibility index (Phi) is 5.36. The van der Waals surface area contributed by atoms with E-state index in [-0.39, 0.29) is 18.5 Å². The third-order valence-electron chi connectivity index (χ3n) is 2.93. The number of thiophene rings is 1. The van der Waals surface area contributed by atoms with E-state index in [0.717, 1.165) is 0 Å². The van der Waals surface area contributed by atoms with E-state index in [1.54, 1.807) is 11.3 Å². The molecule has 20 heavy (non-hydrogen) atoms. The first-order chi connectivity index (χ1) is 9.81. The van der Waals surface area contributed by atoms with Gasteiger partial charge < -0.3 is 10.6 Å². The Hall–Kier alpha value is -2.09. The highest BCUT2D eigenvalue weighted by atomic mass is 32.1. The Morgan fingerprint density at radius 2 is 2.10 bits per heavy atom. The highest BCUT2D eigenvalue weighted by Crippen LogP contribution is 2.22. The standard InChI is InChI=1S/C16H16N2OS/c1-2-10-17-15(19)12-18-16(14-9-6-11-20-14)13-7-4-3-5-8-13/h1,3-9,11,16,18H,10,12H2,(H,17,19)/p+1/t16-/m0/s1. The minimum Gasteiger partial charge on any atom is -0.340 e. The highest BCUT2D eigenvalue weighted by molar-refractivity contribution is 7.10. The van der Waals surface area contributed by atoms with Crippen molar-refractivity contribution in [2.75, 3.05) is 13.1 Å². The van der Waals surface area contributed by atoms with Crippen LogP contribution < -0.4 is 10.6 Å². The molecule has 0 saturated carbocycles. The van der Waals surface area contributed by atoms with Crippen molar-refractivity contribution >= 4 is 17.2 Å². The Bertz CT molecular complexity index is 572. The Morgan fingerprint density at radius 1 is 1.30 bits per heavy atom. The van der Waals surface area contributed by atoms with Crippen LogP contribution in [0.25, 0.3) is 0 Å². The van der Waals surface area contributed by atoms with Crippen LogP contribution in [0, 0.1) is 12.3 Å². The van der Waals surface area contributed by atoms with Crippen molar-refractivity contribution in [3.8, 4) is 12.3 Å². The van der Waals surface area contributed by atoms with Gasteiger partial charge in [0.2, 0.25) is 0 Å². The van der Waals surface area contributed by atoms with Crippen LogP contribution in [0.15, 0.2) is 47.8 Å². The molecule has 1 aromatic heterocycles. The molecule has 102 valence electrons. The van der Waals surface area contributed by atoms with Gasteiger partial charge in [-0.3, -0.25) is 4.79 Å². The second kappa shape index (κ2) is 7.49. The monoisotopic (exact) mass is 285 g/mol. The molecule has 0 bridgehead atoms. The molecule has 0 aliphatic rings. The van der Waals surface area contributed by atoms with E-state index in [1.165, 1.54) is 10.4 Å². The maximum Gasteiger partial charge on any atom is 0.275 e. The molecule has 1 heterocycles. The topological polar surface area (TPSA) is 45.7 Å². The summed E-state index contributed by atoms with van der Waals surface area (Å²) in [6.45, 7) is 0.640. The summed E-state index contributed by atoms with van der Waals surface area (Å²) >= 11 is 1.70. The number of hydrogen-bond acceptors (Lipinski definition) is 2. The van der Waals surface area contributed by atoms with Crippen LogP contribution in [0.5, 0.6) is 0 Å². The number of benzene rings is 1. The number of amides is 1. The lowest BCUT2D eigenvalue weighted by Crippen LogP contribution is -2.87. The number of terminal acetylenes is 1. The molecule has 3 nitrogen and oxygen atoms in total. The number of nitrogens with two attached hydrogens (primary N) is 1. The Balaban J connectivity index is 2.05. The van der Waals surface area contributed by atoms with Gasteiger partial charge in [-0.05, 0) is 11.4 Å². The van der Waals surface area contributed by atoms with E-state index >= 15 is 0 Å². The molecule has 1 atom stereocenters. The molecule has 0 saturated heterocycles. The van der Waals surface area contributed by atoms with Crippen molar-refractivity contribution in [2.24, 2.45) is 0 Å². The SMILES string of the molecule is C#CCNC(=O)C[NH2+][C@@H](c1ccccc1)c1cccs1. The molecule has 2 aromatic rings. The molecule has 1 amide bonds. The zero-order valence-electron chi connectivity index (χ0n) is 11.1. The fourth-order valence-electron chi connectivity index (χ4n) is 1.99. The molecule has 0 fully saturated rings. The number of hydrogen-bond donors (Lipinski definition) is 2. The Labute approximate surface area is 123 Å². The van der Waals surface area contributed by atoms with Gasteiger partial charge in [-0.15, -0.1) is 17.8 Å². The molecule has 0 unspecified atom stereocenters. The van der Waals surface area contributed by atoms with Crippen molar-refractivity contribution in [1.82, 2.24) is 5.32 Å². The van der Waals surface area contributed by atoms with Gasteiger partial charge in [-0.1, -0.05) is 42.3 Å². The van der Waals surface area contributed by atoms with Crippen LogP contribution in [-0.2, 0) is 4.79 Å². The minimum atomic E-state index is -0.0413. The molecule has 0 spiro atoms. The van der Waals surface area contributed by atoms with Crippen LogP contribution in [0.4, 0.5) is 0 Å². The third-order valence-corrected chi connectivity index (χ3v) is 3.89. The fraction of sp³-hybridized carbons (Fsp3) is 0.188. The first-order valence-corrected chi connectivity index (χ1v) is 7.31. The van der Waals surface area contributed by atoms with Gasteiger partial charge in [0.15, 0.2) is 6.54 Å². The fourth-order valence-corrected chi connectivity index (χ4v) is 2.84. The first-order valence-electron chi connectivity index (χ1n) is 6.43. The highest BCUT2D eigenvalue weighted by Gasteiger charge is 2.19. The predicted octanol–water partition coefficient (Wildman–Crippen LogP) is 1.15. The van der Waals surface area contributed by atoms with Gasteiger partial charge in [0.05, 0.1) is 11.4 Å². The zero-order valence-corrected chi connectivity index (χ0v) is 11.9. The van der Waals surface area contributed by atoms with E-state index in [4.69, 9.17) is 6.42 Å². The van der Waals surface area contributed by atoms with Crippen LogP contribution in [0.3, 0.4) is 0 Å². The van der Waals surface area contributed by atoms with Crippen molar-refractivity contribution in [3.05, 3.63) is 58.3 Å². The second-order valence-electron chi connectivity index (χ2n) is 4.32. The molecule has 0 radical (unpaired) electrons. The van der Waals surface area contributed by atoms with Crippen LogP contribution in [-0.4, -0.2) is 19.0 Å². The van der Waals surface area contributed by atoms with Gasteiger partial charge >= 0.3 is 0 Å². The number of quaternary nitrogens is 1. The van der Waals surface area contributed by atoms with Crippen molar-refractivity contribution in [3.63, 3.8) is 0 Å². The molecular formula is C16H17N2OS+. The van der Waals surface area contributed by atoms with Gasteiger partial charge in [0, 0.05) is 5.56 Å². The van der Waals surface area contributed by atoms with Crippen LogP contribution in [0.1, 0.15) is 16.5 Å². The van der Waals surface area contributed by atoms with Crippen LogP contribution >= 0.6 is 11.3 Å². The molecule has 3 N–H and O–H groups in total. The summed E-state index contributed by atoms with van der Waals surface area (Å²) in [5, 5.41) is 6.77. The summed E-state index contributed by atoms with van der Waals surface area (Å²) in [6, 6.07) is 14.5. The van der Waals surface area contributed by atoms with E-state index in [1.807, 2.05) is 29.6 Å². The normalized spacial score (nSPS) is 11.6. The second-order valence-corrected chi connectivity index (χ2v) is 5.30. The van der Waals surface area contributed by atoms with E-state index < -0.39 is 0 Å². The molecular weight excluding hydrogens is 268 g/mol. The van der Waals surface area contributed by atoms with E-state index in [9.17, 15) is 4.79 Å². The van der Waals surface area contributed by atoms with Crippen molar-refractivity contribution in [2.45, 2.75) is 6.04 Å². The maximum absolute atomic E-state index is 11.7. The average molecular weight is 285 g/mol. The molecule has 0 aliphatic heterocycles. The quantitative estimate of drug-likeness (QED) is 0.769. The number of carbonyl (C=O) groups is 1. The minimum absolute atomic E-state index is 0.0413. The summed E-state index contributed by atoms with van der Waals surface area (Å²) in [6.07, 6.45) is 5.13. The van der Waals surface area contributed by atoms with E-state index in [0.29, 0.717) is 6.54 Å². The van der Waals surface area contributed by atoms with Crippen molar-refractivity contribution < 1.29 is 10.1 Å². The summed E-state index contributed by atoms with van der Waals surface area (Å²) < 4.78 is 0. The van der Waals surface area contributed by atoms with E-state index in [2.05, 4.69) is 34.8 Å². The number of nitrogens with one attached hydrogen (secondary N) is 1. The zero-order chi connectivity index (χ0) is 14.2. The maximum atomic E-state index is 11.7. The lowest BCUT2D eigenvalue weighted by Gasteiger charge is -2.14. The number of rotatable bonds is 6. The Morgan fingerprint density at radius 3 is 2.75 bits per heavy atom. The summed E-state index contributed by atoms with van der Waals surface area (Å²) in [5.74, 6) is 2.36. The smallest absolute Gasteiger partial charge is 0.275 e. The molecule has 2 rings (SSSR count). The third kappa shape index (κ3) is 3.95. The first kappa shape index (κ1) is 14.3. The van der Waals surface area contributed by atoms with Crippen LogP contribution in [0.2, 0.25) is 0 Å². The van der Waals surface area contributed by atoms with Gasteiger partial charge in [-0.25, -0.2) is 0 Å². The van der Waals surface area contributed by atoms with Crippen molar-refractivity contribution in [1.29, 1.82) is 0 Å². The summed E-state index contributed by atoms with van der Waals surface area (Å²) in [7, 11) is 0. The predicted molar refractivity (Wildman–Crippen MR) is 81.2 cm³/mol. The lowest BCUT2D eigenvalue weighted by atomic mass is 10.1.